The summed E-state index contributed by atoms with van der Waals surface area (Å²) in [5.74, 6) is -0.232. The summed E-state index contributed by atoms with van der Waals surface area (Å²) in [5.41, 5.74) is 6.03. The summed E-state index contributed by atoms with van der Waals surface area (Å²) in [5, 5.41) is 2.92. The van der Waals surface area contributed by atoms with Crippen LogP contribution in [0.2, 0.25) is 0 Å². The number of halogens is 1. The molecular weight excluding hydrogens is 370 g/mol. The van der Waals surface area contributed by atoms with Crippen LogP contribution in [0.5, 0.6) is 0 Å². The van der Waals surface area contributed by atoms with E-state index in [-0.39, 0.29) is 17.7 Å². The van der Waals surface area contributed by atoms with Crippen molar-refractivity contribution in [3.8, 4) is 0 Å². The number of nitrogens with one attached hydrogen (secondary N) is 1. The molecule has 1 saturated heterocycles. The summed E-state index contributed by atoms with van der Waals surface area (Å²) in [4.78, 5) is 26.9. The number of hydrogen-bond acceptors (Lipinski definition) is 3. The summed E-state index contributed by atoms with van der Waals surface area (Å²) in [7, 11) is 0. The molecule has 2 rings (SSSR count). The third-order valence-electron chi connectivity index (χ3n) is 4.52. The molecule has 1 heterocycles. The molecule has 0 aliphatic carbocycles. The molecule has 24 heavy (non-hydrogen) atoms. The van der Waals surface area contributed by atoms with Gasteiger partial charge in [0.1, 0.15) is 5.54 Å². The van der Waals surface area contributed by atoms with Gasteiger partial charge in [-0.25, -0.2) is 0 Å². The minimum absolute atomic E-state index is 0.0386. The van der Waals surface area contributed by atoms with Crippen molar-refractivity contribution in [1.29, 1.82) is 0 Å². The van der Waals surface area contributed by atoms with Gasteiger partial charge in [0.15, 0.2) is 0 Å². The lowest BCUT2D eigenvalue weighted by molar-refractivity contribution is -0.140. The van der Waals surface area contributed by atoms with Crippen molar-refractivity contribution < 1.29 is 9.59 Å². The van der Waals surface area contributed by atoms with Gasteiger partial charge in [-0.3, -0.25) is 9.59 Å². The highest BCUT2D eigenvalue weighted by Gasteiger charge is 2.37. The van der Waals surface area contributed by atoms with Crippen LogP contribution in [0, 0.1) is 5.92 Å². The molecule has 2 atom stereocenters. The van der Waals surface area contributed by atoms with Crippen LogP contribution in [0.4, 0.5) is 0 Å². The predicted molar refractivity (Wildman–Crippen MR) is 98.3 cm³/mol. The minimum atomic E-state index is -1.09. The lowest BCUT2D eigenvalue weighted by Crippen LogP contribution is -2.55. The zero-order chi connectivity index (χ0) is 17.7. The first-order valence-electron chi connectivity index (χ1n) is 8.48. The van der Waals surface area contributed by atoms with Crippen molar-refractivity contribution in [3.63, 3.8) is 0 Å². The number of nitrogens with zero attached hydrogens (tertiary/aromatic N) is 1. The number of carbonyl (C=O) groups excluding carboxylic acids is 2. The highest BCUT2D eigenvalue weighted by molar-refractivity contribution is 9.10. The number of likely N-dealkylation sites (tertiary alicyclic amines) is 1. The molecule has 0 bridgehead atoms. The van der Waals surface area contributed by atoms with Gasteiger partial charge >= 0.3 is 0 Å². The van der Waals surface area contributed by atoms with Gasteiger partial charge in [-0.05, 0) is 43.9 Å². The van der Waals surface area contributed by atoms with Gasteiger partial charge in [-0.2, -0.15) is 0 Å². The molecule has 2 amide bonds. The van der Waals surface area contributed by atoms with Crippen LogP contribution in [-0.2, 0) is 15.1 Å². The van der Waals surface area contributed by atoms with Gasteiger partial charge in [0.25, 0.3) is 0 Å². The summed E-state index contributed by atoms with van der Waals surface area (Å²) in [6.45, 7) is 5.53. The molecule has 132 valence electrons. The largest absolute Gasteiger partial charge is 0.356 e. The van der Waals surface area contributed by atoms with Crippen molar-refractivity contribution in [2.45, 2.75) is 38.6 Å². The average molecular weight is 396 g/mol. The summed E-state index contributed by atoms with van der Waals surface area (Å²) in [6.07, 6.45) is 2.55. The summed E-state index contributed by atoms with van der Waals surface area (Å²) >= 11 is 3.39. The highest BCUT2D eigenvalue weighted by atomic mass is 79.9. The fourth-order valence-electron chi connectivity index (χ4n) is 3.02. The Morgan fingerprint density at radius 3 is 2.67 bits per heavy atom. The molecule has 0 radical (unpaired) electrons. The summed E-state index contributed by atoms with van der Waals surface area (Å²) in [6, 6.07) is 7.48. The smallest absolute Gasteiger partial charge is 0.246 e. The molecule has 5 nitrogen and oxygen atoms in total. The molecular formula is C18H26BrN3O2. The fourth-order valence-corrected chi connectivity index (χ4v) is 3.28. The zero-order valence-corrected chi connectivity index (χ0v) is 15.9. The van der Waals surface area contributed by atoms with Crippen molar-refractivity contribution in [3.05, 3.63) is 34.3 Å². The molecule has 0 spiro atoms. The van der Waals surface area contributed by atoms with Gasteiger partial charge in [0, 0.05) is 24.1 Å². The maximum atomic E-state index is 12.9. The zero-order valence-electron chi connectivity index (χ0n) is 14.3. The highest BCUT2D eigenvalue weighted by Crippen LogP contribution is 2.26. The molecule has 1 aliphatic rings. The first-order valence-corrected chi connectivity index (χ1v) is 9.27. The first-order chi connectivity index (χ1) is 11.4. The minimum Gasteiger partial charge on any atom is -0.356 e. The molecule has 1 aliphatic heterocycles. The number of rotatable bonds is 5. The predicted octanol–water partition coefficient (Wildman–Crippen LogP) is 2.39. The van der Waals surface area contributed by atoms with E-state index in [0.29, 0.717) is 19.6 Å². The van der Waals surface area contributed by atoms with E-state index in [1.807, 2.05) is 31.2 Å². The number of benzene rings is 1. The Morgan fingerprint density at radius 1 is 1.38 bits per heavy atom. The molecule has 3 N–H and O–H groups in total. The van der Waals surface area contributed by atoms with Crippen molar-refractivity contribution in [2.75, 3.05) is 19.6 Å². The monoisotopic (exact) mass is 395 g/mol. The van der Waals surface area contributed by atoms with E-state index in [2.05, 4.69) is 21.2 Å². The third-order valence-corrected chi connectivity index (χ3v) is 5.05. The number of piperidine rings is 1. The van der Waals surface area contributed by atoms with E-state index in [1.54, 1.807) is 11.8 Å². The lowest BCUT2D eigenvalue weighted by atomic mass is 9.89. The Hall–Kier alpha value is -1.40. The second-order valence-corrected chi connectivity index (χ2v) is 7.51. The Labute approximate surface area is 152 Å². The third kappa shape index (κ3) is 4.36. The van der Waals surface area contributed by atoms with E-state index < -0.39 is 5.54 Å². The molecule has 6 heteroatoms. The molecule has 1 fully saturated rings. The normalized spacial score (nSPS) is 20.3. The molecule has 0 saturated carbocycles. The Balaban J connectivity index is 2.07. The lowest BCUT2D eigenvalue weighted by Gasteiger charge is -2.37. The van der Waals surface area contributed by atoms with Crippen molar-refractivity contribution in [1.82, 2.24) is 10.2 Å². The van der Waals surface area contributed by atoms with Crippen LogP contribution in [0.1, 0.15) is 38.7 Å². The van der Waals surface area contributed by atoms with Crippen LogP contribution in [0.3, 0.4) is 0 Å². The Kier molecular flexibility index (Phi) is 6.40. The van der Waals surface area contributed by atoms with Crippen LogP contribution in [0.25, 0.3) is 0 Å². The van der Waals surface area contributed by atoms with E-state index in [1.165, 1.54) is 0 Å². The van der Waals surface area contributed by atoms with E-state index >= 15 is 0 Å². The summed E-state index contributed by atoms with van der Waals surface area (Å²) < 4.78 is 0.945. The molecule has 1 aromatic rings. The standard InChI is InChI=1S/C18H26BrN3O2/c1-3-10-21-16(23)13-5-4-11-22(12-13)17(24)18(2,20)14-6-8-15(19)9-7-14/h6-9,13H,3-5,10-12,20H2,1-2H3,(H,21,23). The number of amides is 2. The maximum absolute atomic E-state index is 12.9. The second kappa shape index (κ2) is 8.12. The number of hydrogen-bond donors (Lipinski definition) is 2. The quantitative estimate of drug-likeness (QED) is 0.803. The van der Waals surface area contributed by atoms with E-state index in [4.69, 9.17) is 5.73 Å². The van der Waals surface area contributed by atoms with Crippen LogP contribution >= 0.6 is 15.9 Å². The second-order valence-electron chi connectivity index (χ2n) is 6.59. The fraction of sp³-hybridized carbons (Fsp3) is 0.556. The van der Waals surface area contributed by atoms with Crippen molar-refractivity contribution in [2.24, 2.45) is 11.7 Å². The molecule has 2 unspecified atom stereocenters. The van der Waals surface area contributed by atoms with Gasteiger partial charge in [-0.15, -0.1) is 0 Å². The average Bonchev–Trinajstić information content (AvgIpc) is 2.59. The Bertz CT molecular complexity index is 586. The topological polar surface area (TPSA) is 75.4 Å². The van der Waals surface area contributed by atoms with Crippen molar-refractivity contribution >= 4 is 27.7 Å². The number of carbonyl (C=O) groups is 2. The van der Waals surface area contributed by atoms with E-state index in [9.17, 15) is 9.59 Å². The van der Waals surface area contributed by atoms with Gasteiger partial charge in [0.05, 0.1) is 5.92 Å². The first kappa shape index (κ1) is 18.9. The molecule has 1 aromatic carbocycles. The number of nitrogens with two attached hydrogens (primary N) is 1. The van der Waals surface area contributed by atoms with E-state index in [0.717, 1.165) is 29.3 Å². The van der Waals surface area contributed by atoms with Crippen LogP contribution < -0.4 is 11.1 Å². The van der Waals surface area contributed by atoms with Crippen LogP contribution in [-0.4, -0.2) is 36.3 Å². The SMILES string of the molecule is CCCNC(=O)C1CCCN(C(=O)C(C)(N)c2ccc(Br)cc2)C1. The van der Waals surface area contributed by atoms with Gasteiger partial charge < -0.3 is 16.0 Å². The van der Waals surface area contributed by atoms with Gasteiger partial charge in [-0.1, -0.05) is 35.0 Å². The van der Waals surface area contributed by atoms with Crippen LogP contribution in [0.15, 0.2) is 28.7 Å². The maximum Gasteiger partial charge on any atom is 0.246 e. The molecule has 0 aromatic heterocycles. The van der Waals surface area contributed by atoms with Gasteiger partial charge in [0.2, 0.25) is 11.8 Å². The Morgan fingerprint density at radius 2 is 2.04 bits per heavy atom.